The van der Waals surface area contributed by atoms with Crippen LogP contribution in [-0.4, -0.2) is 49.0 Å². The fourth-order valence-electron chi connectivity index (χ4n) is 4.81. The van der Waals surface area contributed by atoms with E-state index in [2.05, 4.69) is 30.9 Å². The Hall–Kier alpha value is -1.83. The summed E-state index contributed by atoms with van der Waals surface area (Å²) in [5.74, 6) is -1.33. The number of hydrogen-bond donors (Lipinski definition) is 0. The monoisotopic (exact) mass is 652 g/mol. The summed E-state index contributed by atoms with van der Waals surface area (Å²) >= 11 is -2.58. The minimum atomic E-state index is -2.58. The van der Waals surface area contributed by atoms with E-state index in [1.54, 1.807) is 12.1 Å². The van der Waals surface area contributed by atoms with Crippen LogP contribution in [0.1, 0.15) is 110 Å². The van der Waals surface area contributed by atoms with Crippen LogP contribution in [0, 0.1) is 0 Å². The number of ether oxygens (including phenoxy) is 3. The van der Waals surface area contributed by atoms with Crippen LogP contribution < -0.4 is 0 Å². The van der Waals surface area contributed by atoms with Gasteiger partial charge < -0.3 is 0 Å². The first-order chi connectivity index (χ1) is 18.8. The van der Waals surface area contributed by atoms with Crippen molar-refractivity contribution >= 4 is 36.3 Å². The molecule has 0 saturated heterocycles. The molecule has 39 heavy (non-hydrogen) atoms. The predicted molar refractivity (Wildman–Crippen MR) is 160 cm³/mol. The third kappa shape index (κ3) is 15.5. The summed E-state index contributed by atoms with van der Waals surface area (Å²) in [7, 11) is 0. The minimum absolute atomic E-state index is 0.266. The molecule has 0 fully saturated rings. The summed E-state index contributed by atoms with van der Waals surface area (Å²) in [6.07, 6.45) is 11.3. The molecule has 1 aromatic carbocycles. The Morgan fingerprint density at radius 2 is 1.36 bits per heavy atom. The van der Waals surface area contributed by atoms with E-state index in [1.807, 2.05) is 18.2 Å². The molecule has 0 aliphatic heterocycles. The maximum atomic E-state index is 13.4. The molecular weight excluding hydrogens is 599 g/mol. The Bertz CT molecular complexity index is 832. The summed E-state index contributed by atoms with van der Waals surface area (Å²) in [5.41, 5.74) is 0.601. The summed E-state index contributed by atoms with van der Waals surface area (Å²) in [6.45, 7) is 9.92. The molecule has 1 aromatic rings. The Morgan fingerprint density at radius 3 is 1.87 bits per heavy atom. The van der Waals surface area contributed by atoms with Crippen molar-refractivity contribution in [3.63, 3.8) is 0 Å². The maximum absolute atomic E-state index is 13.4. The van der Waals surface area contributed by atoms with E-state index in [9.17, 15) is 14.4 Å². The number of carbonyl (C=O) groups excluding carboxylic acids is 3. The van der Waals surface area contributed by atoms with E-state index >= 15 is 0 Å². The summed E-state index contributed by atoms with van der Waals surface area (Å²) in [4.78, 5) is 36.2. The quantitative estimate of drug-likeness (QED) is 0.0577. The van der Waals surface area contributed by atoms with Gasteiger partial charge in [-0.25, -0.2) is 0 Å². The van der Waals surface area contributed by atoms with Crippen LogP contribution in [0.2, 0.25) is 13.3 Å². The second-order valence-electron chi connectivity index (χ2n) is 10.6. The van der Waals surface area contributed by atoms with Crippen molar-refractivity contribution in [1.29, 1.82) is 0 Å². The van der Waals surface area contributed by atoms with Crippen LogP contribution in [0.4, 0.5) is 0 Å². The number of esters is 3. The second-order valence-corrected chi connectivity index (χ2v) is 23.6. The molecule has 0 heterocycles. The van der Waals surface area contributed by atoms with Gasteiger partial charge in [0.2, 0.25) is 0 Å². The van der Waals surface area contributed by atoms with E-state index < -0.39 is 36.4 Å². The number of carbonyl (C=O) groups is 3. The van der Waals surface area contributed by atoms with Crippen LogP contribution in [-0.2, 0) is 28.6 Å². The second kappa shape index (κ2) is 21.0. The van der Waals surface area contributed by atoms with Gasteiger partial charge in [-0.05, 0) is 0 Å². The molecule has 0 aromatic heterocycles. The van der Waals surface area contributed by atoms with Gasteiger partial charge in [0.15, 0.2) is 0 Å². The zero-order valence-corrected chi connectivity index (χ0v) is 27.9. The molecule has 2 atom stereocenters. The summed E-state index contributed by atoms with van der Waals surface area (Å²) in [6, 6.07) is 9.04. The molecule has 0 saturated carbocycles. The molecule has 0 bridgehead atoms. The van der Waals surface area contributed by atoms with Crippen LogP contribution in [0.5, 0.6) is 0 Å². The van der Waals surface area contributed by atoms with Crippen molar-refractivity contribution in [3.05, 3.63) is 46.1 Å². The Balaban J connectivity index is 3.15. The van der Waals surface area contributed by atoms with Crippen LogP contribution in [0.25, 0.3) is 0 Å². The SMILES string of the molecule is CCC[CH2][Sn](/[CH]=C/[C@H](CCCCCOC(C)=O)OC(=O)[C@@H](OC(C)=O)c1ccccc1)([CH2]CCC)[CH2]CCC. The first-order valence-electron chi connectivity index (χ1n) is 15.0. The van der Waals surface area contributed by atoms with Crippen LogP contribution >= 0.6 is 0 Å². The molecule has 0 amide bonds. The molecule has 0 aliphatic carbocycles. The molecule has 1 rings (SSSR count). The zero-order chi connectivity index (χ0) is 28.9. The predicted octanol–water partition coefficient (Wildman–Crippen LogP) is 8.27. The standard InChI is InChI=1S/C20H25O6.3C4H9.Sn/c1-4-18(13-9-6-10-14-24-15(2)21)26-20(23)19(25-16(3)22)17-11-7-5-8-12-17;3*1-3-4-2;/h1,4-5,7-8,11-12,18-19H,6,9-10,13-14H2,2-3H3;3*1,3-4H2,2H3;/t18-,19+;;;;/m1..../s1. The molecule has 7 heteroatoms. The molecule has 220 valence electrons. The van der Waals surface area contributed by atoms with Crippen molar-refractivity contribution in [3.8, 4) is 0 Å². The molecule has 6 nitrogen and oxygen atoms in total. The molecular formula is C32H52O6Sn. The van der Waals surface area contributed by atoms with Gasteiger partial charge >= 0.3 is 242 Å². The van der Waals surface area contributed by atoms with Gasteiger partial charge in [0.05, 0.1) is 0 Å². The van der Waals surface area contributed by atoms with Crippen molar-refractivity contribution < 1.29 is 28.6 Å². The molecule has 0 radical (unpaired) electrons. The normalized spacial score (nSPS) is 13.2. The Morgan fingerprint density at radius 1 is 0.769 bits per heavy atom. The molecule has 0 spiro atoms. The zero-order valence-electron chi connectivity index (χ0n) is 25.0. The third-order valence-corrected chi connectivity index (χ3v) is 21.2. The van der Waals surface area contributed by atoms with E-state index in [1.165, 1.54) is 65.7 Å². The average Bonchev–Trinajstić information content (AvgIpc) is 2.92. The van der Waals surface area contributed by atoms with E-state index in [-0.39, 0.29) is 12.1 Å². The van der Waals surface area contributed by atoms with Crippen molar-refractivity contribution in [2.24, 2.45) is 0 Å². The fourth-order valence-corrected chi connectivity index (χ4v) is 19.2. The van der Waals surface area contributed by atoms with Crippen LogP contribution in [0.15, 0.2) is 40.5 Å². The first kappa shape index (κ1) is 35.2. The van der Waals surface area contributed by atoms with E-state index in [0.717, 1.165) is 19.3 Å². The summed E-state index contributed by atoms with van der Waals surface area (Å²) < 4.78 is 23.1. The van der Waals surface area contributed by atoms with E-state index in [4.69, 9.17) is 14.2 Å². The summed E-state index contributed by atoms with van der Waals surface area (Å²) in [5, 5.41) is 0. The van der Waals surface area contributed by atoms with Crippen molar-refractivity contribution in [2.45, 2.75) is 124 Å². The molecule has 0 aliphatic rings. The third-order valence-electron chi connectivity index (χ3n) is 7.06. The fraction of sp³-hybridized carbons (Fsp3) is 0.656. The topological polar surface area (TPSA) is 78.9 Å². The van der Waals surface area contributed by atoms with Gasteiger partial charge in [-0.15, -0.1) is 0 Å². The number of unbranched alkanes of at least 4 members (excludes halogenated alkanes) is 5. The van der Waals surface area contributed by atoms with Gasteiger partial charge in [0.1, 0.15) is 0 Å². The number of benzene rings is 1. The Labute approximate surface area is 241 Å². The van der Waals surface area contributed by atoms with Gasteiger partial charge in [0.25, 0.3) is 0 Å². The number of rotatable bonds is 21. The average molecular weight is 651 g/mol. The number of hydrogen-bond acceptors (Lipinski definition) is 6. The van der Waals surface area contributed by atoms with Crippen LogP contribution in [0.3, 0.4) is 0 Å². The van der Waals surface area contributed by atoms with Gasteiger partial charge in [-0.1, -0.05) is 0 Å². The Kier molecular flexibility index (Phi) is 18.9. The van der Waals surface area contributed by atoms with Gasteiger partial charge in [0, 0.05) is 0 Å². The van der Waals surface area contributed by atoms with Gasteiger partial charge in [-0.3, -0.25) is 0 Å². The van der Waals surface area contributed by atoms with Crippen molar-refractivity contribution in [2.75, 3.05) is 6.61 Å². The van der Waals surface area contributed by atoms with Crippen molar-refractivity contribution in [1.82, 2.24) is 0 Å². The van der Waals surface area contributed by atoms with Gasteiger partial charge in [-0.2, -0.15) is 0 Å². The van der Waals surface area contributed by atoms with E-state index in [0.29, 0.717) is 18.6 Å². The molecule has 0 N–H and O–H groups in total. The molecule has 0 unspecified atom stereocenters. The first-order valence-corrected chi connectivity index (χ1v) is 22.7.